The van der Waals surface area contributed by atoms with E-state index < -0.39 is 11.9 Å². The first-order valence-electron chi connectivity index (χ1n) is 5.63. The molecule has 0 aromatic carbocycles. The zero-order chi connectivity index (χ0) is 13.7. The molecule has 0 saturated carbocycles. The first-order valence-corrected chi connectivity index (χ1v) is 5.63. The lowest BCUT2D eigenvalue weighted by Gasteiger charge is -2.05. The van der Waals surface area contributed by atoms with E-state index in [0.29, 0.717) is 13.0 Å². The number of H-pyrrole nitrogens is 1. The second kappa shape index (κ2) is 5.76. The lowest BCUT2D eigenvalue weighted by molar-refractivity contribution is 0.0690. The Labute approximate surface area is 108 Å². The fourth-order valence-electron chi connectivity index (χ4n) is 1.57. The molecular formula is C12H12N4O3. The maximum atomic E-state index is 11.8. The standard InChI is InChI=1S/C12H12N4O3/c17-11(16-5-3-9-13-6-7-14-9)10-8(12(18)19)2-1-4-15-10/h1-2,4,6-7H,3,5H2,(H,13,14)(H,16,17)(H,18,19). The van der Waals surface area contributed by atoms with E-state index >= 15 is 0 Å². The summed E-state index contributed by atoms with van der Waals surface area (Å²) in [6, 6.07) is 2.82. The van der Waals surface area contributed by atoms with Gasteiger partial charge in [0.2, 0.25) is 0 Å². The number of amides is 1. The zero-order valence-corrected chi connectivity index (χ0v) is 9.96. The van der Waals surface area contributed by atoms with Crippen molar-refractivity contribution in [1.29, 1.82) is 0 Å². The zero-order valence-electron chi connectivity index (χ0n) is 9.96. The van der Waals surface area contributed by atoms with Crippen molar-refractivity contribution in [1.82, 2.24) is 20.3 Å². The van der Waals surface area contributed by atoms with Crippen LogP contribution in [0.3, 0.4) is 0 Å². The van der Waals surface area contributed by atoms with Gasteiger partial charge >= 0.3 is 5.97 Å². The van der Waals surface area contributed by atoms with E-state index in [0.717, 1.165) is 5.82 Å². The van der Waals surface area contributed by atoms with Crippen LogP contribution in [-0.2, 0) is 6.42 Å². The smallest absolute Gasteiger partial charge is 0.338 e. The molecule has 0 bridgehead atoms. The van der Waals surface area contributed by atoms with E-state index in [1.54, 1.807) is 12.4 Å². The number of nitrogens with zero attached hydrogens (tertiary/aromatic N) is 2. The molecule has 2 heterocycles. The molecule has 0 aliphatic heterocycles. The molecule has 2 rings (SSSR count). The fraction of sp³-hybridized carbons (Fsp3) is 0.167. The number of nitrogens with one attached hydrogen (secondary N) is 2. The number of aromatic carboxylic acids is 1. The predicted molar refractivity (Wildman–Crippen MR) is 65.8 cm³/mol. The summed E-state index contributed by atoms with van der Waals surface area (Å²) in [4.78, 5) is 33.5. The van der Waals surface area contributed by atoms with E-state index in [1.165, 1.54) is 18.3 Å². The van der Waals surface area contributed by atoms with Crippen molar-refractivity contribution in [3.8, 4) is 0 Å². The Kier molecular flexibility index (Phi) is 3.87. The van der Waals surface area contributed by atoms with Gasteiger partial charge in [-0.25, -0.2) is 9.78 Å². The second-order valence-electron chi connectivity index (χ2n) is 3.75. The summed E-state index contributed by atoms with van der Waals surface area (Å²) >= 11 is 0. The highest BCUT2D eigenvalue weighted by Crippen LogP contribution is 2.05. The Balaban J connectivity index is 1.98. The summed E-state index contributed by atoms with van der Waals surface area (Å²) in [7, 11) is 0. The number of rotatable bonds is 5. The Morgan fingerprint density at radius 2 is 2.16 bits per heavy atom. The second-order valence-corrected chi connectivity index (χ2v) is 3.75. The van der Waals surface area contributed by atoms with Crippen molar-refractivity contribution in [3.05, 3.63) is 47.8 Å². The van der Waals surface area contributed by atoms with Crippen LogP contribution in [0.1, 0.15) is 26.7 Å². The van der Waals surface area contributed by atoms with Crippen molar-refractivity contribution < 1.29 is 14.7 Å². The Morgan fingerprint density at radius 3 is 2.84 bits per heavy atom. The minimum absolute atomic E-state index is 0.0885. The summed E-state index contributed by atoms with van der Waals surface area (Å²) in [6.07, 6.45) is 5.23. The van der Waals surface area contributed by atoms with Crippen LogP contribution < -0.4 is 5.32 Å². The van der Waals surface area contributed by atoms with E-state index in [1.807, 2.05) is 0 Å². The molecule has 7 heteroatoms. The van der Waals surface area contributed by atoms with Crippen LogP contribution >= 0.6 is 0 Å². The lowest BCUT2D eigenvalue weighted by atomic mass is 10.2. The van der Waals surface area contributed by atoms with Crippen LogP contribution in [0.2, 0.25) is 0 Å². The largest absolute Gasteiger partial charge is 0.478 e. The summed E-state index contributed by atoms with van der Waals surface area (Å²) in [5.41, 5.74) is -0.201. The molecular weight excluding hydrogens is 248 g/mol. The highest BCUT2D eigenvalue weighted by molar-refractivity contribution is 6.03. The van der Waals surface area contributed by atoms with Crippen LogP contribution in [0.15, 0.2) is 30.7 Å². The minimum atomic E-state index is -1.18. The monoisotopic (exact) mass is 260 g/mol. The number of carboxylic acid groups (broad SMARTS) is 1. The number of carbonyl (C=O) groups is 2. The van der Waals surface area contributed by atoms with E-state index in [2.05, 4.69) is 20.3 Å². The van der Waals surface area contributed by atoms with Crippen molar-refractivity contribution in [2.24, 2.45) is 0 Å². The maximum absolute atomic E-state index is 11.8. The van der Waals surface area contributed by atoms with Crippen LogP contribution in [-0.4, -0.2) is 38.5 Å². The van der Waals surface area contributed by atoms with Gasteiger partial charge in [-0.2, -0.15) is 0 Å². The van der Waals surface area contributed by atoms with Gasteiger partial charge in [0, 0.05) is 31.6 Å². The van der Waals surface area contributed by atoms with Gasteiger partial charge in [0.1, 0.15) is 11.5 Å². The number of pyridine rings is 1. The average Bonchev–Trinajstić information content (AvgIpc) is 2.91. The third kappa shape index (κ3) is 3.15. The van der Waals surface area contributed by atoms with Gasteiger partial charge in [-0.15, -0.1) is 0 Å². The molecule has 0 aliphatic carbocycles. The number of carbonyl (C=O) groups excluding carboxylic acids is 1. The summed E-state index contributed by atoms with van der Waals surface area (Å²) < 4.78 is 0. The van der Waals surface area contributed by atoms with Crippen LogP contribution in [0, 0.1) is 0 Å². The maximum Gasteiger partial charge on any atom is 0.338 e. The van der Waals surface area contributed by atoms with Crippen molar-refractivity contribution in [3.63, 3.8) is 0 Å². The number of hydrogen-bond donors (Lipinski definition) is 3. The van der Waals surface area contributed by atoms with Crippen LogP contribution in [0.4, 0.5) is 0 Å². The molecule has 0 unspecified atom stereocenters. The molecule has 2 aromatic heterocycles. The SMILES string of the molecule is O=C(O)c1cccnc1C(=O)NCCc1ncc[nH]1. The van der Waals surface area contributed by atoms with Gasteiger partial charge in [-0.1, -0.05) is 0 Å². The number of aromatic amines is 1. The molecule has 1 amide bonds. The van der Waals surface area contributed by atoms with Crippen molar-refractivity contribution >= 4 is 11.9 Å². The molecule has 0 aliphatic rings. The molecule has 98 valence electrons. The van der Waals surface area contributed by atoms with E-state index in [-0.39, 0.29) is 11.3 Å². The van der Waals surface area contributed by atoms with Gasteiger partial charge in [0.25, 0.3) is 5.91 Å². The van der Waals surface area contributed by atoms with Gasteiger partial charge in [0.15, 0.2) is 0 Å². The molecule has 0 spiro atoms. The molecule has 0 fully saturated rings. The lowest BCUT2D eigenvalue weighted by Crippen LogP contribution is -2.28. The van der Waals surface area contributed by atoms with Gasteiger partial charge < -0.3 is 15.4 Å². The molecule has 0 atom stereocenters. The van der Waals surface area contributed by atoms with Gasteiger partial charge in [-0.3, -0.25) is 9.78 Å². The number of carboxylic acids is 1. The highest BCUT2D eigenvalue weighted by Gasteiger charge is 2.16. The third-order valence-corrected chi connectivity index (χ3v) is 2.46. The molecule has 2 aromatic rings. The minimum Gasteiger partial charge on any atom is -0.478 e. The van der Waals surface area contributed by atoms with Crippen molar-refractivity contribution in [2.75, 3.05) is 6.54 Å². The average molecular weight is 260 g/mol. The topological polar surface area (TPSA) is 108 Å². The summed E-state index contributed by atoms with van der Waals surface area (Å²) in [6.45, 7) is 0.349. The van der Waals surface area contributed by atoms with Gasteiger partial charge in [0.05, 0.1) is 5.56 Å². The third-order valence-electron chi connectivity index (χ3n) is 2.46. The molecule has 0 radical (unpaired) electrons. The Hall–Kier alpha value is -2.70. The molecule has 3 N–H and O–H groups in total. The Morgan fingerprint density at radius 1 is 1.32 bits per heavy atom. The number of hydrogen-bond acceptors (Lipinski definition) is 4. The Bertz CT molecular complexity index is 580. The summed E-state index contributed by atoms with van der Waals surface area (Å²) in [5, 5.41) is 11.6. The van der Waals surface area contributed by atoms with E-state index in [4.69, 9.17) is 5.11 Å². The molecule has 0 saturated heterocycles. The first kappa shape index (κ1) is 12.7. The molecule has 19 heavy (non-hydrogen) atoms. The van der Waals surface area contributed by atoms with Crippen LogP contribution in [0.25, 0.3) is 0 Å². The first-order chi connectivity index (χ1) is 9.18. The normalized spacial score (nSPS) is 10.1. The highest BCUT2D eigenvalue weighted by atomic mass is 16.4. The van der Waals surface area contributed by atoms with E-state index in [9.17, 15) is 9.59 Å². The molecule has 7 nitrogen and oxygen atoms in total. The number of aromatic nitrogens is 3. The number of imidazole rings is 1. The summed E-state index contributed by atoms with van der Waals surface area (Å²) in [5.74, 6) is -0.936. The van der Waals surface area contributed by atoms with Crippen molar-refractivity contribution in [2.45, 2.75) is 6.42 Å². The fourth-order valence-corrected chi connectivity index (χ4v) is 1.57. The quantitative estimate of drug-likeness (QED) is 0.724. The van der Waals surface area contributed by atoms with Gasteiger partial charge in [-0.05, 0) is 12.1 Å². The van der Waals surface area contributed by atoms with Crippen LogP contribution in [0.5, 0.6) is 0 Å². The predicted octanol–water partition coefficient (Wildman–Crippen LogP) is 0.475.